The van der Waals surface area contributed by atoms with Gasteiger partial charge in [0.2, 0.25) is 0 Å². The molecule has 18 heavy (non-hydrogen) atoms. The summed E-state index contributed by atoms with van der Waals surface area (Å²) < 4.78 is 6.66. The largest absolute Gasteiger partial charge is 0.508 e. The van der Waals surface area contributed by atoms with Gasteiger partial charge >= 0.3 is 5.97 Å². The molecule has 94 valence electrons. The van der Waals surface area contributed by atoms with E-state index in [4.69, 9.17) is 4.74 Å². The minimum atomic E-state index is -0.357. The lowest BCUT2D eigenvalue weighted by Crippen LogP contribution is -2.10. The summed E-state index contributed by atoms with van der Waals surface area (Å²) in [7, 11) is 1.37. The van der Waals surface area contributed by atoms with Gasteiger partial charge in [-0.3, -0.25) is 0 Å². The van der Waals surface area contributed by atoms with Crippen LogP contribution in [-0.2, 0) is 11.3 Å². The van der Waals surface area contributed by atoms with Crippen LogP contribution < -0.4 is 0 Å². The Morgan fingerprint density at radius 3 is 2.50 bits per heavy atom. The van der Waals surface area contributed by atoms with Gasteiger partial charge in [0.25, 0.3) is 0 Å². The molecule has 0 unspecified atom stereocenters. The van der Waals surface area contributed by atoms with Gasteiger partial charge in [0.05, 0.1) is 7.11 Å². The number of hydrogen-bond donors (Lipinski definition) is 1. The number of phenols is 1. The average Bonchev–Trinajstić information content (AvgIpc) is 2.82. The molecule has 1 aromatic carbocycles. The van der Waals surface area contributed by atoms with E-state index in [1.165, 1.54) is 7.11 Å². The second-order valence-corrected chi connectivity index (χ2v) is 3.90. The quantitative estimate of drug-likeness (QED) is 0.846. The number of methoxy groups -OCH3 is 1. The Balaban J connectivity index is 2.54. The van der Waals surface area contributed by atoms with Crippen LogP contribution in [0.4, 0.5) is 0 Å². The lowest BCUT2D eigenvalue weighted by molar-refractivity contribution is 0.0589. The number of aromatic hydroxyl groups is 1. The minimum Gasteiger partial charge on any atom is -0.508 e. The predicted octanol–water partition coefficient (Wildman–Crippen LogP) is 2.67. The number of esters is 1. The van der Waals surface area contributed by atoms with Crippen molar-refractivity contribution in [2.24, 2.45) is 0 Å². The van der Waals surface area contributed by atoms with Crippen molar-refractivity contribution in [3.05, 3.63) is 42.2 Å². The molecule has 0 saturated carbocycles. The van der Waals surface area contributed by atoms with Gasteiger partial charge < -0.3 is 14.4 Å². The van der Waals surface area contributed by atoms with Crippen molar-refractivity contribution in [1.82, 2.24) is 4.57 Å². The SMILES string of the molecule is CCn1ccc(-c2ccc(O)cc2)c1C(=O)OC. The van der Waals surface area contributed by atoms with E-state index in [0.29, 0.717) is 12.2 Å². The highest BCUT2D eigenvalue weighted by Gasteiger charge is 2.18. The van der Waals surface area contributed by atoms with Crippen LogP contribution in [0.5, 0.6) is 5.75 Å². The Labute approximate surface area is 105 Å². The molecular formula is C14H15NO3. The molecule has 0 saturated heterocycles. The molecule has 0 spiro atoms. The third-order valence-electron chi connectivity index (χ3n) is 2.86. The Morgan fingerprint density at radius 2 is 1.94 bits per heavy atom. The number of benzene rings is 1. The van der Waals surface area contributed by atoms with Gasteiger partial charge in [0.15, 0.2) is 0 Å². The number of hydrogen-bond acceptors (Lipinski definition) is 3. The van der Waals surface area contributed by atoms with E-state index in [0.717, 1.165) is 11.1 Å². The molecule has 0 aliphatic carbocycles. The summed E-state index contributed by atoms with van der Waals surface area (Å²) in [5, 5.41) is 9.28. The summed E-state index contributed by atoms with van der Waals surface area (Å²) in [5.41, 5.74) is 2.22. The summed E-state index contributed by atoms with van der Waals surface area (Å²) >= 11 is 0. The third kappa shape index (κ3) is 2.09. The number of aromatic nitrogens is 1. The van der Waals surface area contributed by atoms with Crippen molar-refractivity contribution in [3.8, 4) is 16.9 Å². The van der Waals surface area contributed by atoms with Gasteiger partial charge in [0.1, 0.15) is 11.4 Å². The van der Waals surface area contributed by atoms with Crippen LogP contribution in [0.15, 0.2) is 36.5 Å². The number of aryl methyl sites for hydroxylation is 1. The fraction of sp³-hybridized carbons (Fsp3) is 0.214. The first kappa shape index (κ1) is 12.2. The Morgan fingerprint density at radius 1 is 1.28 bits per heavy atom. The van der Waals surface area contributed by atoms with Crippen LogP contribution in [0.25, 0.3) is 11.1 Å². The fourth-order valence-corrected chi connectivity index (χ4v) is 1.93. The maximum atomic E-state index is 11.8. The van der Waals surface area contributed by atoms with Crippen LogP contribution in [0, 0.1) is 0 Å². The van der Waals surface area contributed by atoms with Crippen LogP contribution in [0.1, 0.15) is 17.4 Å². The number of carbonyl (C=O) groups excluding carboxylic acids is 1. The summed E-state index contributed by atoms with van der Waals surface area (Å²) in [6.07, 6.45) is 1.86. The Bertz CT molecular complexity index is 555. The molecule has 4 heteroatoms. The minimum absolute atomic E-state index is 0.202. The molecule has 1 N–H and O–H groups in total. The summed E-state index contributed by atoms with van der Waals surface area (Å²) in [6.45, 7) is 2.66. The molecule has 0 atom stereocenters. The van der Waals surface area contributed by atoms with Gasteiger partial charge in [-0.15, -0.1) is 0 Å². The summed E-state index contributed by atoms with van der Waals surface area (Å²) in [4.78, 5) is 11.8. The van der Waals surface area contributed by atoms with Gasteiger partial charge in [-0.25, -0.2) is 4.79 Å². The first-order chi connectivity index (χ1) is 8.67. The molecule has 0 radical (unpaired) electrons. The molecule has 0 aliphatic heterocycles. The van der Waals surface area contributed by atoms with Crippen molar-refractivity contribution < 1.29 is 14.6 Å². The maximum Gasteiger partial charge on any atom is 0.355 e. The van der Waals surface area contributed by atoms with Gasteiger partial charge in [-0.2, -0.15) is 0 Å². The second kappa shape index (κ2) is 4.96. The fourth-order valence-electron chi connectivity index (χ4n) is 1.93. The smallest absolute Gasteiger partial charge is 0.355 e. The highest BCUT2D eigenvalue weighted by molar-refractivity contribution is 5.96. The maximum absolute atomic E-state index is 11.8. The Kier molecular flexibility index (Phi) is 3.37. The van der Waals surface area contributed by atoms with Gasteiger partial charge in [-0.1, -0.05) is 12.1 Å². The summed E-state index contributed by atoms with van der Waals surface area (Å²) in [5.74, 6) is -0.154. The van der Waals surface area contributed by atoms with Crippen molar-refractivity contribution in [1.29, 1.82) is 0 Å². The van der Waals surface area contributed by atoms with E-state index in [9.17, 15) is 9.90 Å². The number of carbonyl (C=O) groups is 1. The van der Waals surface area contributed by atoms with Crippen molar-refractivity contribution in [2.75, 3.05) is 7.11 Å². The topological polar surface area (TPSA) is 51.5 Å². The lowest BCUT2D eigenvalue weighted by Gasteiger charge is -2.07. The molecule has 0 bridgehead atoms. The van der Waals surface area contributed by atoms with Gasteiger partial charge in [-0.05, 0) is 30.7 Å². The van der Waals surface area contributed by atoms with Crippen LogP contribution in [0.3, 0.4) is 0 Å². The third-order valence-corrected chi connectivity index (χ3v) is 2.86. The molecule has 2 aromatic rings. The highest BCUT2D eigenvalue weighted by atomic mass is 16.5. The summed E-state index contributed by atoms with van der Waals surface area (Å²) in [6, 6.07) is 8.62. The molecule has 1 heterocycles. The molecule has 0 fully saturated rings. The van der Waals surface area contributed by atoms with Crippen molar-refractivity contribution in [2.45, 2.75) is 13.5 Å². The van der Waals surface area contributed by atoms with E-state index in [-0.39, 0.29) is 11.7 Å². The zero-order chi connectivity index (χ0) is 13.1. The van der Waals surface area contributed by atoms with Crippen LogP contribution in [-0.4, -0.2) is 22.8 Å². The van der Waals surface area contributed by atoms with E-state index in [1.807, 2.05) is 23.8 Å². The van der Waals surface area contributed by atoms with E-state index in [2.05, 4.69) is 0 Å². The number of nitrogens with zero attached hydrogens (tertiary/aromatic N) is 1. The van der Waals surface area contributed by atoms with Crippen molar-refractivity contribution >= 4 is 5.97 Å². The number of ether oxygens (including phenoxy) is 1. The Hall–Kier alpha value is -2.23. The normalized spacial score (nSPS) is 10.3. The molecule has 2 rings (SSSR count). The second-order valence-electron chi connectivity index (χ2n) is 3.90. The predicted molar refractivity (Wildman–Crippen MR) is 68.5 cm³/mol. The molecule has 1 aromatic heterocycles. The van der Waals surface area contributed by atoms with Crippen molar-refractivity contribution in [3.63, 3.8) is 0 Å². The average molecular weight is 245 g/mol. The number of rotatable bonds is 3. The van der Waals surface area contributed by atoms with E-state index in [1.54, 1.807) is 24.3 Å². The highest BCUT2D eigenvalue weighted by Crippen LogP contribution is 2.27. The first-order valence-electron chi connectivity index (χ1n) is 5.74. The lowest BCUT2D eigenvalue weighted by atomic mass is 10.1. The van der Waals surface area contributed by atoms with Crippen LogP contribution >= 0.6 is 0 Å². The standard InChI is InChI=1S/C14H15NO3/c1-3-15-9-8-12(13(15)14(17)18-2)10-4-6-11(16)7-5-10/h4-9,16H,3H2,1-2H3. The zero-order valence-corrected chi connectivity index (χ0v) is 10.4. The number of phenolic OH excluding ortho intramolecular Hbond substituents is 1. The van der Waals surface area contributed by atoms with Crippen LogP contribution in [0.2, 0.25) is 0 Å². The van der Waals surface area contributed by atoms with Gasteiger partial charge in [0, 0.05) is 18.3 Å². The monoisotopic (exact) mass is 245 g/mol. The molecular weight excluding hydrogens is 230 g/mol. The zero-order valence-electron chi connectivity index (χ0n) is 10.4. The first-order valence-corrected chi connectivity index (χ1v) is 5.74. The molecule has 0 aliphatic rings. The molecule has 0 amide bonds. The van der Waals surface area contributed by atoms with E-state index >= 15 is 0 Å². The van der Waals surface area contributed by atoms with E-state index < -0.39 is 0 Å². The molecule has 4 nitrogen and oxygen atoms in total.